The fraction of sp³-hybridized carbons (Fsp3) is 0.439. The third-order valence-electron chi connectivity index (χ3n) is 9.63. The van der Waals surface area contributed by atoms with Gasteiger partial charge in [0.1, 0.15) is 0 Å². The molecule has 0 saturated heterocycles. The summed E-state index contributed by atoms with van der Waals surface area (Å²) in [6.45, 7) is 19.9. The summed E-state index contributed by atoms with van der Waals surface area (Å²) < 4.78 is 5.27. The quantitative estimate of drug-likeness (QED) is 0.168. The molecule has 5 rings (SSSR count). The molecule has 246 valence electrons. The number of rotatable bonds is 11. The highest BCUT2D eigenvalue weighted by Gasteiger charge is 2.34. The number of hydrogen-bond acceptors (Lipinski definition) is 6. The molecule has 5 heterocycles. The summed E-state index contributed by atoms with van der Waals surface area (Å²) in [4.78, 5) is 34.1. The second-order valence-electron chi connectivity index (χ2n) is 12.0. The van der Waals surface area contributed by atoms with Crippen LogP contribution < -0.4 is 0 Å². The number of hydrogen-bond donors (Lipinski definition) is 0. The molecule has 0 spiro atoms. The summed E-state index contributed by atoms with van der Waals surface area (Å²) in [5, 5.41) is 0. The normalized spacial score (nSPS) is 19.6. The van der Waals surface area contributed by atoms with Crippen LogP contribution in [-0.4, -0.2) is 35.4 Å². The van der Waals surface area contributed by atoms with Crippen molar-refractivity contribution >= 4 is 28.8 Å². The lowest BCUT2D eigenvalue weighted by Gasteiger charge is -2.14. The smallest absolute Gasteiger partial charge is 0.330 e. The molecule has 0 aliphatic carbocycles. The van der Waals surface area contributed by atoms with E-state index in [1.54, 1.807) is 0 Å². The van der Waals surface area contributed by atoms with E-state index in [-0.39, 0.29) is 5.97 Å². The van der Waals surface area contributed by atoms with Gasteiger partial charge in [0.25, 0.3) is 0 Å². The van der Waals surface area contributed by atoms with Gasteiger partial charge in [0.15, 0.2) is 0 Å². The molecule has 0 unspecified atom stereocenters. The highest BCUT2D eigenvalue weighted by Crippen LogP contribution is 2.43. The molecule has 0 aromatic rings. The van der Waals surface area contributed by atoms with Gasteiger partial charge in [0, 0.05) is 22.8 Å². The van der Waals surface area contributed by atoms with Crippen LogP contribution in [0, 0.1) is 0 Å². The maximum Gasteiger partial charge on any atom is 0.330 e. The molecule has 0 fully saturated rings. The molecular weight excluding hydrogens is 580 g/mol. The van der Waals surface area contributed by atoms with Crippen molar-refractivity contribution in [2.45, 2.75) is 114 Å². The second-order valence-corrected chi connectivity index (χ2v) is 12.0. The van der Waals surface area contributed by atoms with Crippen molar-refractivity contribution in [2.24, 2.45) is 20.0 Å². The predicted octanol–water partition coefficient (Wildman–Crippen LogP) is 10.3. The number of fused-ring (bicyclic) bond motifs is 4. The van der Waals surface area contributed by atoms with Gasteiger partial charge in [-0.2, -0.15) is 0 Å². The van der Waals surface area contributed by atoms with Crippen molar-refractivity contribution in [3.8, 4) is 0 Å². The first-order chi connectivity index (χ1) is 22.8. The van der Waals surface area contributed by atoms with Crippen LogP contribution >= 0.6 is 0 Å². The third-order valence-corrected chi connectivity index (χ3v) is 9.63. The molecule has 0 saturated carbocycles. The van der Waals surface area contributed by atoms with E-state index >= 15 is 0 Å². The van der Waals surface area contributed by atoms with Crippen LogP contribution in [0.4, 0.5) is 0 Å². The Morgan fingerprint density at radius 3 is 1.57 bits per heavy atom. The van der Waals surface area contributed by atoms with Crippen molar-refractivity contribution < 1.29 is 9.53 Å². The lowest BCUT2D eigenvalue weighted by molar-refractivity contribution is -0.137. The van der Waals surface area contributed by atoms with E-state index in [2.05, 4.69) is 61.5 Å². The Morgan fingerprint density at radius 1 is 0.553 bits per heavy atom. The third kappa shape index (κ3) is 6.03. The molecule has 5 aliphatic heterocycles. The summed E-state index contributed by atoms with van der Waals surface area (Å²) in [6, 6.07) is 0. The van der Waals surface area contributed by atoms with E-state index in [0.29, 0.717) is 6.61 Å². The Hall–Kier alpha value is -4.19. The van der Waals surface area contributed by atoms with Crippen molar-refractivity contribution in [3.63, 3.8) is 0 Å². The molecule has 8 bridgehead atoms. The van der Waals surface area contributed by atoms with Crippen LogP contribution in [0.3, 0.4) is 0 Å². The summed E-state index contributed by atoms with van der Waals surface area (Å²) in [6.07, 6.45) is 16.4. The maximum absolute atomic E-state index is 12.6. The van der Waals surface area contributed by atoms with Gasteiger partial charge in [0.05, 0.1) is 52.2 Å². The molecule has 0 amide bonds. The molecule has 0 radical (unpaired) electrons. The monoisotopic (exact) mass is 630 g/mol. The summed E-state index contributed by atoms with van der Waals surface area (Å²) in [7, 11) is 0. The molecule has 6 heteroatoms. The molecule has 0 N–H and O–H groups in total. The van der Waals surface area contributed by atoms with Gasteiger partial charge in [-0.3, -0.25) is 0 Å². The summed E-state index contributed by atoms with van der Waals surface area (Å²) in [5.41, 5.74) is 18.6. The zero-order valence-electron chi connectivity index (χ0n) is 29.9. The summed E-state index contributed by atoms with van der Waals surface area (Å²) in [5.74, 6) is -0.379. The zero-order chi connectivity index (χ0) is 33.8. The van der Waals surface area contributed by atoms with Gasteiger partial charge < -0.3 is 4.74 Å². The van der Waals surface area contributed by atoms with E-state index < -0.39 is 0 Å². The minimum Gasteiger partial charge on any atom is -0.463 e. The number of aliphatic imine (C=N–C) groups is 4. The van der Waals surface area contributed by atoms with Crippen LogP contribution in [0.5, 0.6) is 0 Å². The first-order valence-electron chi connectivity index (χ1n) is 17.8. The standard InChI is InChI=1S/C41H50N4O2/c1-10-25-26(11-2)37-31(16-7)38-27(12-3)28(13-4)39(44-38)32(17-8)40-29(14-5)30(15-6)41(45-40)33(20-22-36(46)47-18-9)34-21-19-24(42-34)23-35(25)43-37/h19-23H,10-18H2,1-9H3. The van der Waals surface area contributed by atoms with Crippen LogP contribution in [0.1, 0.15) is 114 Å². The lowest BCUT2D eigenvalue weighted by atomic mass is 9.88. The van der Waals surface area contributed by atoms with Crippen molar-refractivity contribution in [1.29, 1.82) is 0 Å². The van der Waals surface area contributed by atoms with Crippen LogP contribution in [-0.2, 0) is 9.53 Å². The van der Waals surface area contributed by atoms with Gasteiger partial charge in [-0.05, 0) is 116 Å². The Labute approximate surface area is 281 Å². The van der Waals surface area contributed by atoms with E-state index in [9.17, 15) is 4.79 Å². The van der Waals surface area contributed by atoms with Gasteiger partial charge in [-0.25, -0.2) is 24.8 Å². The topological polar surface area (TPSA) is 75.7 Å². The van der Waals surface area contributed by atoms with E-state index in [0.717, 1.165) is 103 Å². The molecule has 0 atom stereocenters. The molecule has 0 aromatic heterocycles. The minimum absolute atomic E-state index is 0.319. The SMILES string of the molecule is CCOC(=O)C=CC1=C2N=C(C(CC)=C2CC)C(CC)=C2N=C(C(CC)=C2CC)C(CC)=C2N=C(C=C3C=CC1=N3)C(CC)=C2CC. The van der Waals surface area contributed by atoms with E-state index in [1.807, 2.05) is 25.2 Å². The van der Waals surface area contributed by atoms with Crippen molar-refractivity contribution in [3.05, 3.63) is 103 Å². The summed E-state index contributed by atoms with van der Waals surface area (Å²) >= 11 is 0. The largest absolute Gasteiger partial charge is 0.463 e. The van der Waals surface area contributed by atoms with Crippen LogP contribution in [0.15, 0.2) is 123 Å². The average Bonchev–Trinajstić information content (AvgIpc) is 3.85. The number of carbonyl (C=O) groups excluding carboxylic acids is 1. The fourth-order valence-corrected chi connectivity index (χ4v) is 7.53. The lowest BCUT2D eigenvalue weighted by Crippen LogP contribution is -2.07. The molecule has 0 aromatic carbocycles. The average molecular weight is 631 g/mol. The van der Waals surface area contributed by atoms with E-state index in [4.69, 9.17) is 24.7 Å². The molecule has 5 aliphatic rings. The Morgan fingerprint density at radius 2 is 1.04 bits per heavy atom. The Bertz CT molecular complexity index is 1800. The number of allylic oxidation sites excluding steroid dienone is 13. The van der Waals surface area contributed by atoms with Crippen molar-refractivity contribution in [1.82, 2.24) is 0 Å². The maximum atomic E-state index is 12.6. The zero-order valence-corrected chi connectivity index (χ0v) is 29.9. The van der Waals surface area contributed by atoms with Crippen LogP contribution in [0.25, 0.3) is 0 Å². The van der Waals surface area contributed by atoms with Gasteiger partial charge in [0.2, 0.25) is 0 Å². The first-order valence-corrected chi connectivity index (χ1v) is 17.8. The van der Waals surface area contributed by atoms with Gasteiger partial charge in [-0.15, -0.1) is 0 Å². The number of esters is 1. The van der Waals surface area contributed by atoms with Gasteiger partial charge in [-0.1, -0.05) is 55.4 Å². The first kappa shape index (κ1) is 34.2. The second kappa shape index (κ2) is 14.7. The highest BCUT2D eigenvalue weighted by molar-refractivity contribution is 6.23. The van der Waals surface area contributed by atoms with Crippen molar-refractivity contribution in [2.75, 3.05) is 6.61 Å². The minimum atomic E-state index is -0.379. The molecule has 47 heavy (non-hydrogen) atoms. The Kier molecular flexibility index (Phi) is 10.7. The highest BCUT2D eigenvalue weighted by atomic mass is 16.5. The molecular formula is C41H50N4O2. The predicted molar refractivity (Wildman–Crippen MR) is 197 cm³/mol. The number of nitrogens with zero attached hydrogens (tertiary/aromatic N) is 4. The number of carbonyl (C=O) groups is 1. The van der Waals surface area contributed by atoms with Crippen LogP contribution in [0.2, 0.25) is 0 Å². The van der Waals surface area contributed by atoms with Gasteiger partial charge >= 0.3 is 5.97 Å². The molecule has 6 nitrogen and oxygen atoms in total. The van der Waals surface area contributed by atoms with E-state index in [1.165, 1.54) is 50.7 Å². The fourth-order valence-electron chi connectivity index (χ4n) is 7.53. The Balaban J connectivity index is 1.95. The number of ether oxygens (including phenoxy) is 1.